The monoisotopic (exact) mass is 266 g/mol. The number of nitrogens with one attached hydrogen (secondary N) is 1. The Bertz CT molecular complexity index is 418. The van der Waals surface area contributed by atoms with Crippen LogP contribution in [-0.2, 0) is 6.54 Å². The fourth-order valence-electron chi connectivity index (χ4n) is 2.49. The summed E-state index contributed by atoms with van der Waals surface area (Å²) in [4.78, 5) is 14.3. The molecule has 7 heteroatoms. The maximum atomic E-state index is 11.9. The Labute approximate surface area is 113 Å². The van der Waals surface area contributed by atoms with Crippen LogP contribution in [0.3, 0.4) is 0 Å². The Morgan fingerprint density at radius 1 is 1.63 bits per heavy atom. The first-order chi connectivity index (χ1) is 9.24. The molecule has 1 aromatic heterocycles. The summed E-state index contributed by atoms with van der Waals surface area (Å²) in [5.74, 6) is -0.161. The van der Waals surface area contributed by atoms with E-state index in [1.807, 2.05) is 0 Å². The summed E-state index contributed by atoms with van der Waals surface area (Å²) in [6, 6.07) is 0.452. The van der Waals surface area contributed by atoms with E-state index >= 15 is 0 Å². The predicted molar refractivity (Wildman–Crippen MR) is 71.7 cm³/mol. The van der Waals surface area contributed by atoms with Gasteiger partial charge in [-0.05, 0) is 25.9 Å². The Balaban J connectivity index is 1.83. The van der Waals surface area contributed by atoms with E-state index in [9.17, 15) is 4.79 Å². The highest BCUT2D eigenvalue weighted by Crippen LogP contribution is 2.15. The minimum atomic E-state index is -0.161. The Morgan fingerprint density at radius 2 is 2.47 bits per heavy atom. The second kappa shape index (κ2) is 6.63. The zero-order valence-corrected chi connectivity index (χ0v) is 11.4. The second-order valence-electron chi connectivity index (χ2n) is 4.79. The van der Waals surface area contributed by atoms with Gasteiger partial charge in [-0.1, -0.05) is 12.1 Å². The molecule has 0 bridgehead atoms. The predicted octanol–water partition coefficient (Wildman–Crippen LogP) is -0.549. The van der Waals surface area contributed by atoms with Crippen molar-refractivity contribution in [1.82, 2.24) is 25.2 Å². The van der Waals surface area contributed by atoms with E-state index in [-0.39, 0.29) is 5.91 Å². The van der Waals surface area contributed by atoms with Gasteiger partial charge in [-0.25, -0.2) is 0 Å². The Hall–Kier alpha value is -1.47. The third kappa shape index (κ3) is 3.51. The molecule has 0 saturated carbocycles. The van der Waals surface area contributed by atoms with Gasteiger partial charge in [-0.15, -0.1) is 5.10 Å². The van der Waals surface area contributed by atoms with Crippen LogP contribution >= 0.6 is 0 Å². The average Bonchev–Trinajstić information content (AvgIpc) is 3.04. The fourth-order valence-corrected chi connectivity index (χ4v) is 2.49. The van der Waals surface area contributed by atoms with Crippen molar-refractivity contribution in [2.24, 2.45) is 5.73 Å². The normalized spacial score (nSPS) is 19.8. The molecule has 0 aromatic carbocycles. The maximum Gasteiger partial charge on any atom is 0.273 e. The van der Waals surface area contributed by atoms with Crippen molar-refractivity contribution >= 4 is 5.91 Å². The van der Waals surface area contributed by atoms with Crippen LogP contribution in [0, 0.1) is 0 Å². The number of likely N-dealkylation sites (tertiary alicyclic amines) is 1. The van der Waals surface area contributed by atoms with Crippen LogP contribution in [0.4, 0.5) is 0 Å². The van der Waals surface area contributed by atoms with Gasteiger partial charge in [0.05, 0.1) is 12.7 Å². The summed E-state index contributed by atoms with van der Waals surface area (Å²) < 4.78 is 1.59. The number of hydrogen-bond acceptors (Lipinski definition) is 5. The molecule has 3 N–H and O–H groups in total. The maximum absolute atomic E-state index is 11.9. The number of likely N-dealkylation sites (N-methyl/N-ethyl adjacent to an activating group) is 1. The van der Waals surface area contributed by atoms with Gasteiger partial charge in [-0.2, -0.15) is 0 Å². The van der Waals surface area contributed by atoms with Gasteiger partial charge in [0.15, 0.2) is 5.69 Å². The third-order valence-corrected chi connectivity index (χ3v) is 3.53. The van der Waals surface area contributed by atoms with Gasteiger partial charge in [0, 0.05) is 19.1 Å². The molecule has 1 aliphatic rings. The number of nitrogens with zero attached hydrogens (tertiary/aromatic N) is 4. The smallest absolute Gasteiger partial charge is 0.273 e. The molecule has 1 saturated heterocycles. The largest absolute Gasteiger partial charge is 0.349 e. The number of carbonyl (C=O) groups is 1. The molecule has 19 heavy (non-hydrogen) atoms. The lowest BCUT2D eigenvalue weighted by molar-refractivity contribution is 0.0936. The minimum absolute atomic E-state index is 0.161. The summed E-state index contributed by atoms with van der Waals surface area (Å²) in [6.07, 6.45) is 3.99. The van der Waals surface area contributed by atoms with Gasteiger partial charge in [0.25, 0.3) is 5.91 Å². The molecular formula is C12H22N6O. The highest BCUT2D eigenvalue weighted by atomic mass is 16.2. The van der Waals surface area contributed by atoms with Crippen molar-refractivity contribution in [3.63, 3.8) is 0 Å². The zero-order valence-electron chi connectivity index (χ0n) is 11.4. The number of carbonyl (C=O) groups excluding carboxylic acids is 1. The Kier molecular flexibility index (Phi) is 4.86. The van der Waals surface area contributed by atoms with Gasteiger partial charge < -0.3 is 11.1 Å². The molecule has 0 aliphatic carbocycles. The van der Waals surface area contributed by atoms with E-state index in [0.29, 0.717) is 31.4 Å². The van der Waals surface area contributed by atoms with Crippen molar-refractivity contribution in [3.05, 3.63) is 11.9 Å². The first kappa shape index (κ1) is 14.0. The SMILES string of the molecule is CCN1CCCC1CNC(=O)c1cn(CCN)nn1. The number of hydrogen-bond donors (Lipinski definition) is 2. The molecule has 1 aliphatic heterocycles. The van der Waals surface area contributed by atoms with E-state index in [1.165, 1.54) is 6.42 Å². The van der Waals surface area contributed by atoms with Crippen LogP contribution in [0.15, 0.2) is 6.20 Å². The van der Waals surface area contributed by atoms with Gasteiger partial charge in [0.2, 0.25) is 0 Å². The van der Waals surface area contributed by atoms with Crippen LogP contribution < -0.4 is 11.1 Å². The number of amides is 1. The summed E-state index contributed by atoms with van der Waals surface area (Å²) in [5, 5.41) is 10.6. The lowest BCUT2D eigenvalue weighted by Gasteiger charge is -2.22. The molecule has 2 heterocycles. The van der Waals surface area contributed by atoms with Crippen molar-refractivity contribution in [2.45, 2.75) is 32.4 Å². The molecule has 1 fully saturated rings. The highest BCUT2D eigenvalue weighted by molar-refractivity contribution is 5.91. The molecule has 1 atom stereocenters. The summed E-state index contributed by atoms with van der Waals surface area (Å²) in [7, 11) is 0. The minimum Gasteiger partial charge on any atom is -0.349 e. The highest BCUT2D eigenvalue weighted by Gasteiger charge is 2.23. The van der Waals surface area contributed by atoms with Crippen molar-refractivity contribution in [1.29, 1.82) is 0 Å². The van der Waals surface area contributed by atoms with Crippen molar-refractivity contribution < 1.29 is 4.79 Å². The number of rotatable bonds is 6. The third-order valence-electron chi connectivity index (χ3n) is 3.53. The lowest BCUT2D eigenvalue weighted by atomic mass is 10.2. The molecular weight excluding hydrogens is 244 g/mol. The van der Waals surface area contributed by atoms with Crippen LogP contribution in [0.2, 0.25) is 0 Å². The van der Waals surface area contributed by atoms with Crippen molar-refractivity contribution in [3.8, 4) is 0 Å². The van der Waals surface area contributed by atoms with E-state index in [2.05, 4.69) is 27.5 Å². The molecule has 0 spiro atoms. The molecule has 0 radical (unpaired) electrons. The van der Waals surface area contributed by atoms with Crippen LogP contribution in [0.5, 0.6) is 0 Å². The Morgan fingerprint density at radius 3 is 3.21 bits per heavy atom. The van der Waals surface area contributed by atoms with Crippen LogP contribution in [0.25, 0.3) is 0 Å². The first-order valence-corrected chi connectivity index (χ1v) is 6.87. The van der Waals surface area contributed by atoms with Crippen LogP contribution in [0.1, 0.15) is 30.3 Å². The molecule has 1 amide bonds. The summed E-state index contributed by atoms with van der Waals surface area (Å²) >= 11 is 0. The number of aromatic nitrogens is 3. The van der Waals surface area contributed by atoms with Gasteiger partial charge >= 0.3 is 0 Å². The lowest BCUT2D eigenvalue weighted by Crippen LogP contribution is -2.40. The fraction of sp³-hybridized carbons (Fsp3) is 0.750. The zero-order chi connectivity index (χ0) is 13.7. The molecule has 7 nitrogen and oxygen atoms in total. The van der Waals surface area contributed by atoms with Crippen molar-refractivity contribution in [2.75, 3.05) is 26.2 Å². The molecule has 106 valence electrons. The van der Waals surface area contributed by atoms with E-state index in [4.69, 9.17) is 5.73 Å². The molecule has 2 rings (SSSR count). The van der Waals surface area contributed by atoms with Crippen LogP contribution in [-0.4, -0.2) is 58.0 Å². The standard InChI is InChI=1S/C12H22N6O/c1-2-17-6-3-4-10(17)8-14-12(19)11-9-18(7-5-13)16-15-11/h9-10H,2-8,13H2,1H3,(H,14,19). The van der Waals surface area contributed by atoms with E-state index in [0.717, 1.165) is 19.5 Å². The van der Waals surface area contributed by atoms with E-state index < -0.39 is 0 Å². The van der Waals surface area contributed by atoms with Gasteiger partial charge in [-0.3, -0.25) is 14.4 Å². The number of nitrogens with two attached hydrogens (primary N) is 1. The quantitative estimate of drug-likeness (QED) is 0.721. The topological polar surface area (TPSA) is 89.1 Å². The summed E-state index contributed by atoms with van der Waals surface area (Å²) in [6.45, 7) is 6.05. The first-order valence-electron chi connectivity index (χ1n) is 6.87. The second-order valence-corrected chi connectivity index (χ2v) is 4.79. The average molecular weight is 266 g/mol. The van der Waals surface area contributed by atoms with Gasteiger partial charge in [0.1, 0.15) is 0 Å². The molecule has 1 unspecified atom stereocenters. The van der Waals surface area contributed by atoms with E-state index in [1.54, 1.807) is 10.9 Å². The molecule has 1 aromatic rings. The summed E-state index contributed by atoms with van der Waals surface area (Å²) in [5.41, 5.74) is 5.78.